The molecule has 1 atom stereocenters. The summed E-state index contributed by atoms with van der Waals surface area (Å²) in [5, 5.41) is 2.96. The first-order chi connectivity index (χ1) is 11.7. The average Bonchev–Trinajstić information content (AvgIpc) is 2.61. The number of ether oxygens (including phenoxy) is 1. The minimum Gasteiger partial charge on any atom is -0.481 e. The van der Waals surface area contributed by atoms with Gasteiger partial charge in [-0.1, -0.05) is 55.0 Å². The van der Waals surface area contributed by atoms with Gasteiger partial charge in [-0.2, -0.15) is 11.8 Å². The Morgan fingerprint density at radius 3 is 2.50 bits per heavy atom. The van der Waals surface area contributed by atoms with E-state index in [1.54, 1.807) is 0 Å². The van der Waals surface area contributed by atoms with E-state index in [9.17, 15) is 4.79 Å². The Morgan fingerprint density at radius 2 is 1.83 bits per heavy atom. The Morgan fingerprint density at radius 1 is 1.12 bits per heavy atom. The van der Waals surface area contributed by atoms with Gasteiger partial charge in [0.05, 0.1) is 0 Å². The number of nitrogens with one attached hydrogen (secondary N) is 1. The van der Waals surface area contributed by atoms with Crippen molar-refractivity contribution in [2.75, 3.05) is 12.3 Å². The molecular formula is C20H25NO2S. The molecule has 3 nitrogen and oxygen atoms in total. The Balaban J connectivity index is 1.66. The summed E-state index contributed by atoms with van der Waals surface area (Å²) < 4.78 is 5.74. The second kappa shape index (κ2) is 10.0. The lowest BCUT2D eigenvalue weighted by molar-refractivity contribution is -0.127. The number of benzene rings is 2. The van der Waals surface area contributed by atoms with Gasteiger partial charge in [0.15, 0.2) is 6.10 Å². The summed E-state index contributed by atoms with van der Waals surface area (Å²) in [6, 6.07) is 18.0. The van der Waals surface area contributed by atoms with Crippen molar-refractivity contribution in [2.24, 2.45) is 0 Å². The van der Waals surface area contributed by atoms with Crippen LogP contribution in [-0.4, -0.2) is 24.3 Å². The predicted octanol–water partition coefficient (Wildman–Crippen LogP) is 4.20. The van der Waals surface area contributed by atoms with E-state index < -0.39 is 6.10 Å². The van der Waals surface area contributed by atoms with Crippen LogP contribution in [0.5, 0.6) is 5.75 Å². The Hall–Kier alpha value is -1.94. The van der Waals surface area contributed by atoms with Crippen LogP contribution in [0.4, 0.5) is 0 Å². The highest BCUT2D eigenvalue weighted by Gasteiger charge is 2.17. The number of rotatable bonds is 9. The molecule has 4 heteroatoms. The van der Waals surface area contributed by atoms with E-state index in [2.05, 4.69) is 36.5 Å². The van der Waals surface area contributed by atoms with E-state index in [0.717, 1.165) is 17.3 Å². The van der Waals surface area contributed by atoms with Crippen LogP contribution in [0.2, 0.25) is 0 Å². The van der Waals surface area contributed by atoms with Crippen molar-refractivity contribution >= 4 is 17.7 Å². The highest BCUT2D eigenvalue weighted by molar-refractivity contribution is 7.98. The molecular weight excluding hydrogens is 318 g/mol. The van der Waals surface area contributed by atoms with Crippen molar-refractivity contribution in [2.45, 2.75) is 32.1 Å². The zero-order valence-corrected chi connectivity index (χ0v) is 15.1. The van der Waals surface area contributed by atoms with Crippen LogP contribution >= 0.6 is 11.8 Å². The summed E-state index contributed by atoms with van der Waals surface area (Å²) in [5.74, 6) is 2.54. The molecule has 24 heavy (non-hydrogen) atoms. The van der Waals surface area contributed by atoms with Gasteiger partial charge in [-0.05, 0) is 31.0 Å². The molecule has 0 fully saturated rings. The Labute approximate surface area is 148 Å². The minimum absolute atomic E-state index is 0.0442. The lowest BCUT2D eigenvalue weighted by Gasteiger charge is -2.17. The number of aryl methyl sites for hydroxylation is 1. The lowest BCUT2D eigenvalue weighted by atomic mass is 10.2. The van der Waals surface area contributed by atoms with Gasteiger partial charge in [0.25, 0.3) is 5.91 Å². The molecule has 128 valence electrons. The van der Waals surface area contributed by atoms with Crippen LogP contribution in [0.25, 0.3) is 0 Å². The maximum Gasteiger partial charge on any atom is 0.261 e. The summed E-state index contributed by atoms with van der Waals surface area (Å²) in [6.45, 7) is 4.71. The van der Waals surface area contributed by atoms with Crippen LogP contribution in [0.15, 0.2) is 54.6 Å². The summed E-state index contributed by atoms with van der Waals surface area (Å²) in [6.07, 6.45) is 0.214. The van der Waals surface area contributed by atoms with Gasteiger partial charge in [0, 0.05) is 18.1 Å². The molecule has 2 rings (SSSR count). The summed E-state index contributed by atoms with van der Waals surface area (Å²) >= 11 is 1.82. The first-order valence-electron chi connectivity index (χ1n) is 8.31. The highest BCUT2D eigenvalue weighted by atomic mass is 32.2. The van der Waals surface area contributed by atoms with Crippen molar-refractivity contribution in [3.05, 3.63) is 65.7 Å². The largest absolute Gasteiger partial charge is 0.481 e. The smallest absolute Gasteiger partial charge is 0.261 e. The third kappa shape index (κ3) is 6.28. The molecule has 0 aliphatic rings. The monoisotopic (exact) mass is 343 g/mol. The standard InChI is InChI=1S/C20H25NO2S/c1-3-19(23-18-7-5-4-6-8-18)20(22)21-13-14-24-15-17-11-9-16(2)10-12-17/h4-12,19H,3,13-15H2,1-2H3,(H,21,22)/t19-/m1/s1. The molecule has 2 aromatic rings. The topological polar surface area (TPSA) is 38.3 Å². The normalized spacial score (nSPS) is 11.8. The highest BCUT2D eigenvalue weighted by Crippen LogP contribution is 2.14. The van der Waals surface area contributed by atoms with Gasteiger partial charge in [-0.3, -0.25) is 4.79 Å². The molecule has 0 saturated carbocycles. The van der Waals surface area contributed by atoms with Crippen LogP contribution < -0.4 is 10.1 Å². The Kier molecular flexibility index (Phi) is 7.69. The molecule has 0 spiro atoms. The van der Waals surface area contributed by atoms with Crippen molar-refractivity contribution in [3.63, 3.8) is 0 Å². The van der Waals surface area contributed by atoms with Gasteiger partial charge in [0.2, 0.25) is 0 Å². The number of amides is 1. The fraction of sp³-hybridized carbons (Fsp3) is 0.350. The lowest BCUT2D eigenvalue weighted by Crippen LogP contribution is -2.39. The van der Waals surface area contributed by atoms with Gasteiger partial charge in [0.1, 0.15) is 5.75 Å². The van der Waals surface area contributed by atoms with Crippen molar-refractivity contribution < 1.29 is 9.53 Å². The second-order valence-corrected chi connectivity index (χ2v) is 6.76. The zero-order valence-electron chi connectivity index (χ0n) is 14.3. The third-order valence-electron chi connectivity index (χ3n) is 3.62. The van der Waals surface area contributed by atoms with Gasteiger partial charge in [-0.25, -0.2) is 0 Å². The number of para-hydroxylation sites is 1. The fourth-order valence-corrected chi connectivity index (χ4v) is 3.04. The van der Waals surface area contributed by atoms with Crippen molar-refractivity contribution in [1.29, 1.82) is 0 Å². The van der Waals surface area contributed by atoms with E-state index in [1.165, 1.54) is 11.1 Å². The summed E-state index contributed by atoms with van der Waals surface area (Å²) in [5.41, 5.74) is 2.59. The van der Waals surface area contributed by atoms with Gasteiger partial charge < -0.3 is 10.1 Å². The maximum atomic E-state index is 12.2. The van der Waals surface area contributed by atoms with Crippen molar-refractivity contribution in [3.8, 4) is 5.75 Å². The first kappa shape index (κ1) is 18.4. The van der Waals surface area contributed by atoms with E-state index in [0.29, 0.717) is 13.0 Å². The molecule has 0 saturated heterocycles. The zero-order chi connectivity index (χ0) is 17.2. The van der Waals surface area contributed by atoms with Crippen LogP contribution in [0.1, 0.15) is 24.5 Å². The van der Waals surface area contributed by atoms with E-state index in [1.807, 2.05) is 49.0 Å². The van der Waals surface area contributed by atoms with Crippen LogP contribution in [0, 0.1) is 6.92 Å². The molecule has 0 aliphatic carbocycles. The molecule has 2 aromatic carbocycles. The van der Waals surface area contributed by atoms with Gasteiger partial charge in [-0.15, -0.1) is 0 Å². The van der Waals surface area contributed by atoms with E-state index in [-0.39, 0.29) is 5.91 Å². The third-order valence-corrected chi connectivity index (χ3v) is 4.65. The molecule has 1 N–H and O–H groups in total. The SMILES string of the molecule is CC[C@@H](Oc1ccccc1)C(=O)NCCSCc1ccc(C)cc1. The van der Waals surface area contributed by atoms with Gasteiger partial charge >= 0.3 is 0 Å². The Bertz CT molecular complexity index is 613. The quantitative estimate of drug-likeness (QED) is 0.694. The number of hydrogen-bond acceptors (Lipinski definition) is 3. The number of thioether (sulfide) groups is 1. The fourth-order valence-electron chi connectivity index (χ4n) is 2.22. The number of carbonyl (C=O) groups is 1. The summed E-state index contributed by atoms with van der Waals surface area (Å²) in [7, 11) is 0. The molecule has 0 aromatic heterocycles. The number of hydrogen-bond donors (Lipinski definition) is 1. The summed E-state index contributed by atoms with van der Waals surface area (Å²) in [4.78, 5) is 12.2. The minimum atomic E-state index is -0.436. The molecule has 0 unspecified atom stereocenters. The predicted molar refractivity (Wildman–Crippen MR) is 101 cm³/mol. The first-order valence-corrected chi connectivity index (χ1v) is 9.47. The molecule has 1 amide bonds. The van der Waals surface area contributed by atoms with E-state index in [4.69, 9.17) is 4.74 Å². The molecule has 0 radical (unpaired) electrons. The van der Waals surface area contributed by atoms with E-state index >= 15 is 0 Å². The maximum absolute atomic E-state index is 12.2. The van der Waals surface area contributed by atoms with Crippen LogP contribution in [-0.2, 0) is 10.5 Å². The molecule has 0 heterocycles. The molecule has 0 bridgehead atoms. The van der Waals surface area contributed by atoms with Crippen LogP contribution in [0.3, 0.4) is 0 Å². The molecule has 0 aliphatic heterocycles. The second-order valence-electron chi connectivity index (χ2n) is 5.66. The average molecular weight is 343 g/mol. The number of carbonyl (C=O) groups excluding carboxylic acids is 1. The van der Waals surface area contributed by atoms with Crippen molar-refractivity contribution in [1.82, 2.24) is 5.32 Å².